The fourth-order valence-electron chi connectivity index (χ4n) is 3.78. The standard InChI is InChI=1S/C22H26N2O3/c25-22(15-24-12-4-7-17-6-1-2-11-21(17)24)23-18-8-3-9-19(14-18)27-16-20-10-5-13-26-20/h1-3,6,8-9,11,14,20H,4-5,7,10,12-13,15-16H2,(H,23,25). The van der Waals surface area contributed by atoms with E-state index in [0.717, 1.165) is 50.3 Å². The van der Waals surface area contributed by atoms with Gasteiger partial charge in [0.25, 0.3) is 0 Å². The van der Waals surface area contributed by atoms with Crippen LogP contribution in [0.25, 0.3) is 0 Å². The molecule has 1 amide bonds. The summed E-state index contributed by atoms with van der Waals surface area (Å²) in [6.07, 6.45) is 4.50. The Morgan fingerprint density at radius 3 is 3.00 bits per heavy atom. The van der Waals surface area contributed by atoms with Crippen molar-refractivity contribution in [1.82, 2.24) is 0 Å². The lowest BCUT2D eigenvalue weighted by molar-refractivity contribution is -0.115. The summed E-state index contributed by atoms with van der Waals surface area (Å²) in [5.41, 5.74) is 3.25. The second kappa shape index (κ2) is 8.44. The SMILES string of the molecule is O=C(CN1CCCc2ccccc21)Nc1cccc(OCC2CCCO2)c1. The molecule has 5 nitrogen and oxygen atoms in total. The number of hydrogen-bond acceptors (Lipinski definition) is 4. The van der Waals surface area contributed by atoms with Gasteiger partial charge in [0.05, 0.1) is 12.6 Å². The minimum Gasteiger partial charge on any atom is -0.491 e. The van der Waals surface area contributed by atoms with Crippen molar-refractivity contribution in [1.29, 1.82) is 0 Å². The van der Waals surface area contributed by atoms with E-state index in [4.69, 9.17) is 9.47 Å². The average Bonchev–Trinajstić information content (AvgIpc) is 3.21. The van der Waals surface area contributed by atoms with Crippen molar-refractivity contribution in [3.05, 3.63) is 54.1 Å². The van der Waals surface area contributed by atoms with Crippen LogP contribution >= 0.6 is 0 Å². The van der Waals surface area contributed by atoms with Crippen molar-refractivity contribution in [2.45, 2.75) is 31.8 Å². The molecular formula is C22H26N2O3. The molecule has 1 fully saturated rings. The van der Waals surface area contributed by atoms with Crippen LogP contribution in [0.4, 0.5) is 11.4 Å². The van der Waals surface area contributed by atoms with E-state index in [1.165, 1.54) is 11.3 Å². The van der Waals surface area contributed by atoms with E-state index in [0.29, 0.717) is 13.2 Å². The van der Waals surface area contributed by atoms with Gasteiger partial charge in [-0.05, 0) is 49.4 Å². The molecule has 0 spiro atoms. The monoisotopic (exact) mass is 366 g/mol. The number of hydrogen-bond donors (Lipinski definition) is 1. The van der Waals surface area contributed by atoms with E-state index in [2.05, 4.69) is 28.4 Å². The third kappa shape index (κ3) is 4.61. The smallest absolute Gasteiger partial charge is 0.243 e. The number of carbonyl (C=O) groups is 1. The first-order valence-corrected chi connectivity index (χ1v) is 9.75. The molecule has 0 aromatic heterocycles. The Kier molecular flexibility index (Phi) is 5.58. The van der Waals surface area contributed by atoms with Gasteiger partial charge in [0.15, 0.2) is 0 Å². The van der Waals surface area contributed by atoms with Crippen LogP contribution in [0.3, 0.4) is 0 Å². The number of carbonyl (C=O) groups excluding carboxylic acids is 1. The summed E-state index contributed by atoms with van der Waals surface area (Å²) in [5.74, 6) is 0.745. The fourth-order valence-corrected chi connectivity index (χ4v) is 3.78. The first kappa shape index (κ1) is 17.9. The second-order valence-electron chi connectivity index (χ2n) is 7.18. The summed E-state index contributed by atoms with van der Waals surface area (Å²) in [5, 5.41) is 3.00. The van der Waals surface area contributed by atoms with E-state index in [-0.39, 0.29) is 12.0 Å². The van der Waals surface area contributed by atoms with Crippen LogP contribution in [0, 0.1) is 0 Å². The van der Waals surface area contributed by atoms with Crippen molar-refractivity contribution in [3.8, 4) is 5.75 Å². The predicted octanol–water partition coefficient (Wildman–Crippen LogP) is 3.64. The lowest BCUT2D eigenvalue weighted by Crippen LogP contribution is -2.36. The number of para-hydroxylation sites is 1. The molecule has 2 heterocycles. The molecule has 2 aliphatic rings. The maximum atomic E-state index is 12.6. The van der Waals surface area contributed by atoms with Crippen LogP contribution in [0.5, 0.6) is 5.75 Å². The third-order valence-corrected chi connectivity index (χ3v) is 5.12. The lowest BCUT2D eigenvalue weighted by atomic mass is 10.0. The highest BCUT2D eigenvalue weighted by Crippen LogP contribution is 2.26. The van der Waals surface area contributed by atoms with Crippen molar-refractivity contribution in [2.24, 2.45) is 0 Å². The molecule has 0 radical (unpaired) electrons. The van der Waals surface area contributed by atoms with E-state index < -0.39 is 0 Å². The number of amides is 1. The molecule has 0 saturated carbocycles. The molecule has 2 aromatic carbocycles. The van der Waals surface area contributed by atoms with Crippen molar-refractivity contribution in [3.63, 3.8) is 0 Å². The van der Waals surface area contributed by atoms with Gasteiger partial charge in [-0.15, -0.1) is 0 Å². The second-order valence-corrected chi connectivity index (χ2v) is 7.18. The molecule has 1 atom stereocenters. The largest absolute Gasteiger partial charge is 0.491 e. The van der Waals surface area contributed by atoms with Gasteiger partial charge >= 0.3 is 0 Å². The first-order valence-electron chi connectivity index (χ1n) is 9.75. The number of rotatable bonds is 6. The number of nitrogens with one attached hydrogen (secondary N) is 1. The zero-order valence-corrected chi connectivity index (χ0v) is 15.5. The molecule has 1 unspecified atom stereocenters. The zero-order valence-electron chi connectivity index (χ0n) is 15.5. The fraction of sp³-hybridized carbons (Fsp3) is 0.409. The highest BCUT2D eigenvalue weighted by atomic mass is 16.5. The lowest BCUT2D eigenvalue weighted by Gasteiger charge is -2.30. The normalized spacial score (nSPS) is 18.8. The summed E-state index contributed by atoms with van der Waals surface area (Å²) in [6.45, 7) is 2.65. The summed E-state index contributed by atoms with van der Waals surface area (Å²) < 4.78 is 11.4. The van der Waals surface area contributed by atoms with Crippen LogP contribution in [0.15, 0.2) is 48.5 Å². The van der Waals surface area contributed by atoms with Gasteiger partial charge in [0.2, 0.25) is 5.91 Å². The van der Waals surface area contributed by atoms with E-state index in [1.807, 2.05) is 30.3 Å². The summed E-state index contributed by atoms with van der Waals surface area (Å²) >= 11 is 0. The van der Waals surface area contributed by atoms with Gasteiger partial charge in [-0.2, -0.15) is 0 Å². The maximum Gasteiger partial charge on any atom is 0.243 e. The van der Waals surface area contributed by atoms with Crippen LogP contribution in [-0.2, 0) is 16.0 Å². The molecule has 5 heteroatoms. The number of ether oxygens (including phenoxy) is 2. The molecule has 0 bridgehead atoms. The Labute approximate surface area is 160 Å². The predicted molar refractivity (Wildman–Crippen MR) is 107 cm³/mol. The molecule has 27 heavy (non-hydrogen) atoms. The van der Waals surface area contributed by atoms with Gasteiger partial charge in [0, 0.05) is 30.6 Å². The minimum absolute atomic E-state index is 0.0111. The number of benzene rings is 2. The summed E-state index contributed by atoms with van der Waals surface area (Å²) in [4.78, 5) is 14.7. The number of aryl methyl sites for hydroxylation is 1. The molecule has 0 aliphatic carbocycles. The molecule has 4 rings (SSSR count). The molecular weight excluding hydrogens is 340 g/mol. The molecule has 142 valence electrons. The number of fused-ring (bicyclic) bond motifs is 1. The average molecular weight is 366 g/mol. The van der Waals surface area contributed by atoms with E-state index in [1.54, 1.807) is 0 Å². The highest BCUT2D eigenvalue weighted by molar-refractivity contribution is 5.94. The van der Waals surface area contributed by atoms with Crippen molar-refractivity contribution < 1.29 is 14.3 Å². The molecule has 1 saturated heterocycles. The third-order valence-electron chi connectivity index (χ3n) is 5.12. The van der Waals surface area contributed by atoms with Crippen molar-refractivity contribution >= 4 is 17.3 Å². The van der Waals surface area contributed by atoms with Gasteiger partial charge in [0.1, 0.15) is 12.4 Å². The minimum atomic E-state index is -0.0111. The van der Waals surface area contributed by atoms with Gasteiger partial charge < -0.3 is 19.7 Å². The van der Waals surface area contributed by atoms with Crippen molar-refractivity contribution in [2.75, 3.05) is 36.5 Å². The number of nitrogens with zero attached hydrogens (tertiary/aromatic N) is 1. The topological polar surface area (TPSA) is 50.8 Å². The van der Waals surface area contributed by atoms with Crippen LogP contribution < -0.4 is 15.0 Å². The Bertz CT molecular complexity index is 787. The van der Waals surface area contributed by atoms with E-state index >= 15 is 0 Å². The summed E-state index contributed by atoms with van der Waals surface area (Å²) in [7, 11) is 0. The van der Waals surface area contributed by atoms with Crippen LogP contribution in [0.1, 0.15) is 24.8 Å². The maximum absolute atomic E-state index is 12.6. The van der Waals surface area contributed by atoms with Crippen LogP contribution in [0.2, 0.25) is 0 Å². The highest BCUT2D eigenvalue weighted by Gasteiger charge is 2.19. The zero-order chi connectivity index (χ0) is 18.5. The van der Waals surface area contributed by atoms with Gasteiger partial charge in [-0.1, -0.05) is 24.3 Å². The quantitative estimate of drug-likeness (QED) is 0.848. The molecule has 2 aliphatic heterocycles. The Morgan fingerprint density at radius 2 is 2.11 bits per heavy atom. The number of anilines is 2. The summed E-state index contributed by atoms with van der Waals surface area (Å²) in [6, 6.07) is 15.9. The van der Waals surface area contributed by atoms with Gasteiger partial charge in [-0.25, -0.2) is 0 Å². The van der Waals surface area contributed by atoms with Gasteiger partial charge in [-0.3, -0.25) is 4.79 Å². The van der Waals surface area contributed by atoms with Crippen LogP contribution in [-0.4, -0.2) is 38.3 Å². The molecule has 2 aromatic rings. The van der Waals surface area contributed by atoms with E-state index in [9.17, 15) is 4.79 Å². The molecule has 1 N–H and O–H groups in total. The first-order chi connectivity index (χ1) is 13.3. The Hall–Kier alpha value is -2.53. The Balaban J connectivity index is 1.34. The Morgan fingerprint density at radius 1 is 1.19 bits per heavy atom.